The second-order valence-corrected chi connectivity index (χ2v) is 8.11. The van der Waals surface area contributed by atoms with E-state index in [1.807, 2.05) is 50.3 Å². The minimum absolute atomic E-state index is 0.117. The van der Waals surface area contributed by atoms with Gasteiger partial charge in [-0.25, -0.2) is 9.97 Å². The molecule has 0 unspecified atom stereocenters. The molecule has 0 amide bonds. The highest BCUT2D eigenvalue weighted by Gasteiger charge is 2.39. The Morgan fingerprint density at radius 3 is 2.60 bits per heavy atom. The van der Waals surface area contributed by atoms with Gasteiger partial charge in [-0.2, -0.15) is 0 Å². The number of carbonyl (C=O) groups is 1. The topological polar surface area (TPSA) is 70.5 Å². The number of aryl methyl sites for hydroxylation is 1. The number of nitrogens with zero attached hydrogens (tertiary/aromatic N) is 2. The highest BCUT2D eigenvalue weighted by atomic mass is 16.7. The Bertz CT molecular complexity index is 894. The van der Waals surface area contributed by atoms with E-state index in [-0.39, 0.29) is 18.2 Å². The quantitative estimate of drug-likeness (QED) is 0.549. The number of hydrogen-bond donors (Lipinski definition) is 0. The summed E-state index contributed by atoms with van der Waals surface area (Å²) in [5.74, 6) is -0.863. The molecule has 2 heterocycles. The maximum Gasteiger partial charge on any atom is 0.305 e. The Morgan fingerprint density at radius 2 is 1.90 bits per heavy atom. The summed E-state index contributed by atoms with van der Waals surface area (Å²) in [5.41, 5.74) is 3.69. The lowest BCUT2D eigenvalue weighted by atomic mass is 10.1. The lowest BCUT2D eigenvalue weighted by Crippen LogP contribution is -2.21. The number of methoxy groups -OCH3 is 1. The van der Waals surface area contributed by atoms with Crippen molar-refractivity contribution in [2.24, 2.45) is 0 Å². The second-order valence-electron chi connectivity index (χ2n) is 8.11. The van der Waals surface area contributed by atoms with Crippen molar-refractivity contribution >= 4 is 23.1 Å². The number of rotatable bonds is 9. The zero-order valence-electron chi connectivity index (χ0n) is 18.4. The Balaban J connectivity index is 1.79. The van der Waals surface area contributed by atoms with Crippen LogP contribution in [0.4, 0.5) is 0 Å². The fourth-order valence-corrected chi connectivity index (χ4v) is 3.70. The number of fused-ring (bicyclic) bond motifs is 1. The van der Waals surface area contributed by atoms with Gasteiger partial charge in [-0.05, 0) is 57.7 Å². The van der Waals surface area contributed by atoms with Crippen molar-refractivity contribution in [3.05, 3.63) is 41.7 Å². The molecule has 0 saturated carbocycles. The number of benzene rings is 1. The Kier molecular flexibility index (Phi) is 7.56. The average Bonchev–Trinajstić information content (AvgIpc) is 3.03. The monoisotopic (exact) mass is 412 g/mol. The van der Waals surface area contributed by atoms with Crippen LogP contribution in [-0.4, -0.2) is 41.0 Å². The number of esters is 1. The number of hydrogen-bond acceptors (Lipinski definition) is 6. The van der Waals surface area contributed by atoms with Crippen LogP contribution >= 0.6 is 0 Å². The van der Waals surface area contributed by atoms with E-state index >= 15 is 0 Å². The molecule has 0 radical (unpaired) electrons. The van der Waals surface area contributed by atoms with Crippen molar-refractivity contribution in [1.82, 2.24) is 9.97 Å². The molecule has 0 aliphatic carbocycles. The summed E-state index contributed by atoms with van der Waals surface area (Å²) in [5, 5.41) is 0. The van der Waals surface area contributed by atoms with Gasteiger partial charge in [0.05, 0.1) is 35.6 Å². The molecular weight excluding hydrogens is 380 g/mol. The molecule has 0 spiro atoms. The minimum atomic E-state index is -0.662. The van der Waals surface area contributed by atoms with Crippen molar-refractivity contribution in [3.8, 4) is 0 Å². The van der Waals surface area contributed by atoms with Crippen LogP contribution in [0.1, 0.15) is 64.3 Å². The summed E-state index contributed by atoms with van der Waals surface area (Å²) >= 11 is 0. The summed E-state index contributed by atoms with van der Waals surface area (Å²) in [6, 6.07) is 7.95. The molecule has 6 heteroatoms. The van der Waals surface area contributed by atoms with Crippen molar-refractivity contribution < 1.29 is 19.0 Å². The molecule has 1 saturated heterocycles. The van der Waals surface area contributed by atoms with Crippen molar-refractivity contribution in [2.75, 3.05) is 7.11 Å². The van der Waals surface area contributed by atoms with E-state index in [4.69, 9.17) is 24.2 Å². The van der Waals surface area contributed by atoms with Gasteiger partial charge in [0.15, 0.2) is 5.79 Å². The standard InChI is InChI=1S/C24H32N2O4/c1-5-6-10-17-20(26-19-12-8-7-11-18(19)25-17)15-16-22-21(29-24(2,3)30-22)13-9-14-23(27)28-4/h7-8,11-12,15-16,21-22H,5-6,9-10,13-14H2,1-4H3/b16-15+/t21-,22+/m0/s1. The molecule has 0 bridgehead atoms. The van der Waals surface area contributed by atoms with Gasteiger partial charge >= 0.3 is 5.97 Å². The van der Waals surface area contributed by atoms with Gasteiger partial charge in [-0.3, -0.25) is 4.79 Å². The van der Waals surface area contributed by atoms with E-state index in [9.17, 15) is 4.79 Å². The van der Waals surface area contributed by atoms with Crippen molar-refractivity contribution in [3.63, 3.8) is 0 Å². The normalized spacial score (nSPS) is 20.8. The molecule has 1 fully saturated rings. The first-order valence-electron chi connectivity index (χ1n) is 10.8. The average molecular weight is 413 g/mol. The van der Waals surface area contributed by atoms with Gasteiger partial charge in [0.2, 0.25) is 0 Å². The Morgan fingerprint density at radius 1 is 1.17 bits per heavy atom. The van der Waals surface area contributed by atoms with E-state index in [2.05, 4.69) is 6.92 Å². The number of unbranched alkanes of at least 4 members (excludes halogenated alkanes) is 1. The minimum Gasteiger partial charge on any atom is -0.469 e. The molecule has 2 atom stereocenters. The Hall–Kier alpha value is -2.31. The van der Waals surface area contributed by atoms with Crippen LogP contribution in [0.2, 0.25) is 0 Å². The lowest BCUT2D eigenvalue weighted by molar-refractivity contribution is -0.144. The summed E-state index contributed by atoms with van der Waals surface area (Å²) in [4.78, 5) is 21.1. The maximum atomic E-state index is 11.4. The highest BCUT2D eigenvalue weighted by Crippen LogP contribution is 2.32. The molecule has 0 N–H and O–H groups in total. The number of ether oxygens (including phenoxy) is 3. The predicted molar refractivity (Wildman–Crippen MR) is 117 cm³/mol. The lowest BCUT2D eigenvalue weighted by Gasteiger charge is -2.16. The number of aromatic nitrogens is 2. The van der Waals surface area contributed by atoms with Crippen LogP contribution in [0.3, 0.4) is 0 Å². The van der Waals surface area contributed by atoms with Crippen LogP contribution in [0.5, 0.6) is 0 Å². The van der Waals surface area contributed by atoms with E-state index < -0.39 is 5.79 Å². The summed E-state index contributed by atoms with van der Waals surface area (Å²) in [7, 11) is 1.41. The second kappa shape index (κ2) is 10.1. The van der Waals surface area contributed by atoms with Crippen LogP contribution < -0.4 is 0 Å². The molecule has 1 aliphatic rings. The van der Waals surface area contributed by atoms with Crippen LogP contribution in [0.25, 0.3) is 17.1 Å². The smallest absolute Gasteiger partial charge is 0.305 e. The molecule has 162 valence electrons. The third kappa shape index (κ3) is 5.86. The third-order valence-corrected chi connectivity index (χ3v) is 5.20. The first-order valence-corrected chi connectivity index (χ1v) is 10.8. The van der Waals surface area contributed by atoms with E-state index in [0.717, 1.165) is 48.1 Å². The first-order chi connectivity index (χ1) is 14.4. The van der Waals surface area contributed by atoms with E-state index in [1.54, 1.807) is 0 Å². The van der Waals surface area contributed by atoms with Crippen molar-refractivity contribution in [2.45, 2.75) is 77.3 Å². The molecule has 1 aromatic carbocycles. The largest absolute Gasteiger partial charge is 0.469 e. The molecule has 1 aliphatic heterocycles. The molecule has 1 aromatic heterocycles. The summed E-state index contributed by atoms with van der Waals surface area (Å²) in [6.07, 6.45) is 8.57. The molecule has 2 aromatic rings. The zero-order chi connectivity index (χ0) is 21.6. The van der Waals surface area contributed by atoms with Gasteiger partial charge in [-0.15, -0.1) is 0 Å². The molecule has 30 heavy (non-hydrogen) atoms. The SMILES string of the molecule is CCCCc1nc2ccccc2nc1/C=C/[C@H]1OC(C)(C)O[C@H]1CCCC(=O)OC. The first kappa shape index (κ1) is 22.4. The predicted octanol–water partition coefficient (Wildman–Crippen LogP) is 4.85. The fourth-order valence-electron chi connectivity index (χ4n) is 3.70. The molecule has 6 nitrogen and oxygen atoms in total. The van der Waals surface area contributed by atoms with Gasteiger partial charge in [-0.1, -0.05) is 31.6 Å². The van der Waals surface area contributed by atoms with Crippen LogP contribution in [0, 0.1) is 0 Å². The number of para-hydroxylation sites is 2. The molecular formula is C24H32N2O4. The zero-order valence-corrected chi connectivity index (χ0v) is 18.4. The Labute approximate surface area is 178 Å². The summed E-state index contributed by atoms with van der Waals surface area (Å²) in [6.45, 7) is 6.00. The number of carbonyl (C=O) groups excluding carboxylic acids is 1. The maximum absolute atomic E-state index is 11.4. The van der Waals surface area contributed by atoms with E-state index in [0.29, 0.717) is 12.8 Å². The fraction of sp³-hybridized carbons (Fsp3) is 0.542. The van der Waals surface area contributed by atoms with Crippen molar-refractivity contribution in [1.29, 1.82) is 0 Å². The summed E-state index contributed by atoms with van der Waals surface area (Å²) < 4.78 is 16.9. The van der Waals surface area contributed by atoms with Gasteiger partial charge < -0.3 is 14.2 Å². The van der Waals surface area contributed by atoms with E-state index in [1.165, 1.54) is 7.11 Å². The third-order valence-electron chi connectivity index (χ3n) is 5.20. The van der Waals surface area contributed by atoms with Gasteiger partial charge in [0.1, 0.15) is 6.10 Å². The highest BCUT2D eigenvalue weighted by molar-refractivity contribution is 5.75. The van der Waals surface area contributed by atoms with Gasteiger partial charge in [0, 0.05) is 6.42 Å². The van der Waals surface area contributed by atoms with Gasteiger partial charge in [0.25, 0.3) is 0 Å². The van der Waals surface area contributed by atoms with Crippen LogP contribution in [-0.2, 0) is 25.4 Å². The van der Waals surface area contributed by atoms with Crippen LogP contribution in [0.15, 0.2) is 30.3 Å². The molecule has 3 rings (SSSR count).